The van der Waals surface area contributed by atoms with Crippen molar-refractivity contribution in [1.29, 1.82) is 0 Å². The van der Waals surface area contributed by atoms with Crippen LogP contribution in [0.1, 0.15) is 87.0 Å². The van der Waals surface area contributed by atoms with Crippen LogP contribution in [-0.4, -0.2) is 5.71 Å². The second kappa shape index (κ2) is 15.8. The molecular weight excluding hydrogens is 891 g/mol. The zero-order valence-electron chi connectivity index (χ0n) is 40.1. The molecule has 2 spiro atoms. The Hall–Kier alpha value is -7.98. The van der Waals surface area contributed by atoms with E-state index in [1.54, 1.807) is 0 Å². The highest BCUT2D eigenvalue weighted by Gasteiger charge is 2.58. The van der Waals surface area contributed by atoms with Crippen molar-refractivity contribution in [2.24, 2.45) is 16.8 Å². The van der Waals surface area contributed by atoms with Gasteiger partial charge in [-0.2, -0.15) is 0 Å². The Balaban J connectivity index is 0.885. The van der Waals surface area contributed by atoms with Crippen molar-refractivity contribution >= 4 is 39.4 Å². The molecule has 3 heteroatoms. The fourth-order valence-corrected chi connectivity index (χ4v) is 15.4. The fourth-order valence-electron chi connectivity index (χ4n) is 14.2. The van der Waals surface area contributed by atoms with Gasteiger partial charge in [0.1, 0.15) is 11.2 Å². The van der Waals surface area contributed by atoms with Gasteiger partial charge in [-0.15, -0.1) is 0 Å². The minimum absolute atomic E-state index is 0.0536. The summed E-state index contributed by atoms with van der Waals surface area (Å²) in [5.74, 6) is 0.623. The highest BCUT2D eigenvalue weighted by molar-refractivity contribution is 7.99. The average Bonchev–Trinajstić information content (AvgIpc) is 3.97. The minimum atomic E-state index is -0.531. The molecule has 72 heavy (non-hydrogen) atoms. The Morgan fingerprint density at radius 1 is 0.389 bits per heavy atom. The van der Waals surface area contributed by atoms with Gasteiger partial charge in [0.15, 0.2) is 0 Å². The molecule has 4 aliphatic rings. The summed E-state index contributed by atoms with van der Waals surface area (Å²) in [6, 6.07) is 88.9. The quantitative estimate of drug-likeness (QED) is 0.176. The maximum Gasteiger partial charge on any atom is 0.135 e. The Bertz CT molecular complexity index is 3950. The molecule has 1 aromatic heterocycles. The number of rotatable bonds is 4. The lowest BCUT2D eigenvalue weighted by molar-refractivity contribution is 0.325. The SMILES string of the molecule is CC1C(c2ccccc2)=NC(c2cccc(-c3ccc4c(c3)-c3ccccc3C43c4ccccc4C4(c5ccccc5Sc5ccccc54)c4ccccc43)c2)C(C)C1c1ccc2c(c1)oc1ccccc12. The normalized spacial score (nSPS) is 19.5. The van der Waals surface area contributed by atoms with E-state index in [4.69, 9.17) is 9.41 Å². The van der Waals surface area contributed by atoms with Crippen molar-refractivity contribution in [1.82, 2.24) is 0 Å². The predicted octanol–water partition coefficient (Wildman–Crippen LogP) is 17.4. The van der Waals surface area contributed by atoms with E-state index in [1.165, 1.54) is 93.2 Å². The van der Waals surface area contributed by atoms with Crippen molar-refractivity contribution in [2.75, 3.05) is 0 Å². The summed E-state index contributed by atoms with van der Waals surface area (Å²) in [6.07, 6.45) is 0. The fraction of sp³-hybridized carbons (Fsp3) is 0.116. The molecule has 11 aromatic rings. The second-order valence-electron chi connectivity index (χ2n) is 20.5. The molecule has 4 atom stereocenters. The highest BCUT2D eigenvalue weighted by Crippen LogP contribution is 2.67. The summed E-state index contributed by atoms with van der Waals surface area (Å²) < 4.78 is 6.49. The zero-order chi connectivity index (χ0) is 47.7. The van der Waals surface area contributed by atoms with Crippen LogP contribution in [0.2, 0.25) is 0 Å². The lowest BCUT2D eigenvalue weighted by Crippen LogP contribution is -2.45. The van der Waals surface area contributed by atoms with Gasteiger partial charge < -0.3 is 4.42 Å². The van der Waals surface area contributed by atoms with Crippen LogP contribution in [0.4, 0.5) is 0 Å². The number of nitrogens with zero attached hydrogens (tertiary/aromatic N) is 1. The summed E-state index contributed by atoms with van der Waals surface area (Å²) in [6.45, 7) is 4.78. The first-order valence-corrected chi connectivity index (χ1v) is 26.3. The average molecular weight is 940 g/mol. The third-order valence-corrected chi connectivity index (χ3v) is 18.2. The zero-order valence-corrected chi connectivity index (χ0v) is 40.9. The van der Waals surface area contributed by atoms with Gasteiger partial charge in [0.05, 0.1) is 16.9 Å². The van der Waals surface area contributed by atoms with Gasteiger partial charge in [0, 0.05) is 32.2 Å². The first-order valence-electron chi connectivity index (χ1n) is 25.5. The Morgan fingerprint density at radius 3 is 1.64 bits per heavy atom. The van der Waals surface area contributed by atoms with Gasteiger partial charge in [-0.25, -0.2) is 0 Å². The molecule has 2 aliphatic carbocycles. The lowest BCUT2D eigenvalue weighted by Gasteiger charge is -2.51. The molecule has 4 unspecified atom stereocenters. The molecule has 2 aliphatic heterocycles. The first kappa shape index (κ1) is 41.8. The van der Waals surface area contributed by atoms with E-state index in [9.17, 15) is 0 Å². The molecule has 342 valence electrons. The van der Waals surface area contributed by atoms with E-state index >= 15 is 0 Å². The van der Waals surface area contributed by atoms with Crippen LogP contribution in [-0.2, 0) is 10.8 Å². The van der Waals surface area contributed by atoms with E-state index in [0.29, 0.717) is 0 Å². The monoisotopic (exact) mass is 939 g/mol. The van der Waals surface area contributed by atoms with E-state index in [0.717, 1.165) is 27.7 Å². The summed E-state index contributed by atoms with van der Waals surface area (Å²) in [4.78, 5) is 8.36. The molecule has 15 rings (SSSR count). The number of para-hydroxylation sites is 1. The van der Waals surface area contributed by atoms with E-state index < -0.39 is 10.8 Å². The maximum absolute atomic E-state index is 6.49. The van der Waals surface area contributed by atoms with Gasteiger partial charge in [-0.1, -0.05) is 226 Å². The van der Waals surface area contributed by atoms with Crippen LogP contribution in [0.3, 0.4) is 0 Å². The van der Waals surface area contributed by atoms with Crippen LogP contribution in [0.5, 0.6) is 0 Å². The molecular formula is C69H49NOS. The molecule has 2 nitrogen and oxygen atoms in total. The third-order valence-electron chi connectivity index (χ3n) is 17.0. The molecule has 3 heterocycles. The molecule has 0 amide bonds. The van der Waals surface area contributed by atoms with Crippen molar-refractivity contribution in [3.63, 3.8) is 0 Å². The molecule has 10 aromatic carbocycles. The van der Waals surface area contributed by atoms with Gasteiger partial charge in [0.25, 0.3) is 0 Å². The van der Waals surface area contributed by atoms with Crippen molar-refractivity contribution in [3.05, 3.63) is 298 Å². The van der Waals surface area contributed by atoms with Crippen LogP contribution in [0, 0.1) is 11.8 Å². The minimum Gasteiger partial charge on any atom is -0.456 e. The summed E-state index contributed by atoms with van der Waals surface area (Å²) >= 11 is 1.90. The summed E-state index contributed by atoms with van der Waals surface area (Å²) in [5.41, 5.74) is 21.5. The van der Waals surface area contributed by atoms with Crippen molar-refractivity contribution < 1.29 is 4.42 Å². The number of hydrogen-bond donors (Lipinski definition) is 0. The lowest BCUT2D eigenvalue weighted by atomic mass is 9.51. The highest BCUT2D eigenvalue weighted by atomic mass is 32.2. The van der Waals surface area contributed by atoms with E-state index in [2.05, 4.69) is 250 Å². The predicted molar refractivity (Wildman–Crippen MR) is 296 cm³/mol. The second-order valence-corrected chi connectivity index (χ2v) is 21.6. The van der Waals surface area contributed by atoms with Crippen LogP contribution < -0.4 is 0 Å². The van der Waals surface area contributed by atoms with Crippen LogP contribution in [0.15, 0.2) is 256 Å². The maximum atomic E-state index is 6.49. The molecule has 0 bridgehead atoms. The largest absolute Gasteiger partial charge is 0.456 e. The molecule has 0 radical (unpaired) electrons. The van der Waals surface area contributed by atoms with Crippen LogP contribution in [0.25, 0.3) is 44.2 Å². The van der Waals surface area contributed by atoms with E-state index in [-0.39, 0.29) is 23.8 Å². The summed E-state index contributed by atoms with van der Waals surface area (Å²) in [5, 5.41) is 2.32. The molecule has 0 fully saturated rings. The van der Waals surface area contributed by atoms with Gasteiger partial charge in [0.2, 0.25) is 0 Å². The van der Waals surface area contributed by atoms with Crippen LogP contribution >= 0.6 is 11.8 Å². The van der Waals surface area contributed by atoms with Crippen molar-refractivity contribution in [2.45, 2.75) is 46.4 Å². The number of fused-ring (bicyclic) bond motifs is 18. The third kappa shape index (κ3) is 5.66. The number of furan rings is 1. The standard InChI is InChI=1S/C69H49NOS/c1-42-65(47-35-37-51-50-24-7-15-32-61(50)71-62(51)41-47)43(2)67(70-66(42)44-19-4-3-5-20-44)48-22-18-21-45(39-48)46-36-38-54-52(40-46)49-23-6-8-25-53(49)68(54)55-26-9-11-28-57(55)69(58-29-12-10-27-56(58)68)59-30-13-16-33-63(59)72-64-34-17-14-31-60(64)69/h3-43,65,67H,1-2H3. The van der Waals surface area contributed by atoms with Gasteiger partial charge in [-0.3, -0.25) is 4.99 Å². The Morgan fingerprint density at radius 2 is 0.931 bits per heavy atom. The molecule has 0 saturated carbocycles. The first-order chi connectivity index (χ1) is 35.5. The van der Waals surface area contributed by atoms with E-state index in [1.807, 2.05) is 11.8 Å². The van der Waals surface area contributed by atoms with Crippen molar-refractivity contribution in [3.8, 4) is 22.3 Å². The smallest absolute Gasteiger partial charge is 0.135 e. The van der Waals surface area contributed by atoms with Gasteiger partial charge in [-0.05, 0) is 132 Å². The summed E-state index contributed by atoms with van der Waals surface area (Å²) in [7, 11) is 0. The topological polar surface area (TPSA) is 25.5 Å². The number of benzene rings is 10. The number of hydrogen-bond acceptors (Lipinski definition) is 3. The Kier molecular flexibility index (Phi) is 9.14. The Labute approximate surface area is 424 Å². The van der Waals surface area contributed by atoms with Gasteiger partial charge >= 0.3 is 0 Å². The number of aliphatic imine (C=N–C) groups is 1. The molecule has 0 N–H and O–H groups in total. The molecule has 0 saturated heterocycles.